The van der Waals surface area contributed by atoms with E-state index >= 15 is 0 Å². The molecule has 3 rings (SSSR count). The number of fused-ring (bicyclic) bond motifs is 1. The molecular weight excluding hydrogens is 478 g/mol. The van der Waals surface area contributed by atoms with Crippen molar-refractivity contribution in [2.45, 2.75) is 13.0 Å². The van der Waals surface area contributed by atoms with E-state index in [0.29, 0.717) is 23.7 Å². The van der Waals surface area contributed by atoms with Gasteiger partial charge in [0.1, 0.15) is 16.4 Å². The zero-order valence-corrected chi connectivity index (χ0v) is 20.0. The number of anilines is 1. The number of azide groups is 1. The Labute approximate surface area is 201 Å². The first-order valence-electron chi connectivity index (χ1n) is 10.4. The lowest BCUT2D eigenvalue weighted by Gasteiger charge is -2.27. The maximum atomic E-state index is 13.5. The Morgan fingerprint density at radius 2 is 1.94 bits per heavy atom. The first-order valence-corrected chi connectivity index (χ1v) is 12.5. The van der Waals surface area contributed by atoms with Crippen LogP contribution in [0.25, 0.3) is 10.4 Å². The van der Waals surface area contributed by atoms with Crippen LogP contribution in [0.5, 0.6) is 11.5 Å². The number of sulfone groups is 1. The van der Waals surface area contributed by atoms with Crippen LogP contribution in [0.3, 0.4) is 0 Å². The van der Waals surface area contributed by atoms with Gasteiger partial charge in [0.15, 0.2) is 11.5 Å². The lowest BCUT2D eigenvalue weighted by Crippen LogP contribution is -2.37. The number of rotatable bonds is 10. The molecule has 1 heterocycles. The quantitative estimate of drug-likeness (QED) is 0.226. The molecule has 0 bridgehead atoms. The minimum absolute atomic E-state index is 0.00799. The van der Waals surface area contributed by atoms with Gasteiger partial charge in [-0.05, 0) is 42.3 Å². The van der Waals surface area contributed by atoms with Gasteiger partial charge in [-0.3, -0.25) is 19.3 Å². The van der Waals surface area contributed by atoms with Gasteiger partial charge in [-0.25, -0.2) is 8.42 Å². The van der Waals surface area contributed by atoms with Crippen LogP contribution in [0.4, 0.5) is 5.69 Å². The molecule has 1 atom stereocenters. The summed E-state index contributed by atoms with van der Waals surface area (Å²) in [7, 11) is -2.21. The van der Waals surface area contributed by atoms with Crippen molar-refractivity contribution in [1.82, 2.24) is 4.90 Å². The molecule has 0 saturated heterocycles. The van der Waals surface area contributed by atoms with Crippen LogP contribution in [0.2, 0.25) is 0 Å². The summed E-state index contributed by atoms with van der Waals surface area (Å²) in [5.74, 6) is -1.96. The van der Waals surface area contributed by atoms with E-state index < -0.39 is 45.9 Å². The zero-order valence-electron chi connectivity index (χ0n) is 19.2. The number of nitrogens with one attached hydrogen (secondary N) is 1. The second kappa shape index (κ2) is 10.5. The fraction of sp³-hybridized carbons (Fsp3) is 0.318. The molecule has 1 aliphatic rings. The van der Waals surface area contributed by atoms with E-state index in [1.54, 1.807) is 19.1 Å². The molecule has 0 fully saturated rings. The first-order chi connectivity index (χ1) is 16.6. The highest BCUT2D eigenvalue weighted by Gasteiger charge is 2.43. The third kappa shape index (κ3) is 5.53. The largest absolute Gasteiger partial charge is 0.493 e. The van der Waals surface area contributed by atoms with Crippen molar-refractivity contribution in [3.05, 3.63) is 63.5 Å². The van der Waals surface area contributed by atoms with Gasteiger partial charge in [-0.15, -0.1) is 0 Å². The number of carbonyl (C=O) groups is 3. The minimum Gasteiger partial charge on any atom is -0.493 e. The minimum atomic E-state index is -3.66. The molecular formula is C22H23N5O7S. The number of benzene rings is 2. The van der Waals surface area contributed by atoms with Crippen molar-refractivity contribution in [2.75, 3.05) is 37.6 Å². The number of hydrogen-bond donors (Lipinski definition) is 1. The van der Waals surface area contributed by atoms with Gasteiger partial charge in [0.25, 0.3) is 11.8 Å². The highest BCUT2D eigenvalue weighted by Crippen LogP contribution is 2.38. The van der Waals surface area contributed by atoms with Crippen molar-refractivity contribution in [2.24, 2.45) is 5.11 Å². The Hall–Kier alpha value is -4.09. The predicted molar refractivity (Wildman–Crippen MR) is 126 cm³/mol. The van der Waals surface area contributed by atoms with Crippen LogP contribution in [-0.2, 0) is 14.6 Å². The molecule has 35 heavy (non-hydrogen) atoms. The third-order valence-corrected chi connectivity index (χ3v) is 6.06. The van der Waals surface area contributed by atoms with Crippen molar-refractivity contribution < 1.29 is 32.3 Å². The number of methoxy groups -OCH3 is 1. The van der Waals surface area contributed by atoms with Crippen molar-refractivity contribution in [1.29, 1.82) is 0 Å². The molecule has 1 unspecified atom stereocenters. The van der Waals surface area contributed by atoms with Gasteiger partial charge in [0, 0.05) is 11.2 Å². The molecule has 0 radical (unpaired) electrons. The van der Waals surface area contributed by atoms with Crippen LogP contribution in [0, 0.1) is 0 Å². The van der Waals surface area contributed by atoms with E-state index in [2.05, 4.69) is 15.3 Å². The number of ether oxygens (including phenoxy) is 2. The molecule has 2 aromatic carbocycles. The molecule has 0 saturated carbocycles. The highest BCUT2D eigenvalue weighted by molar-refractivity contribution is 7.90. The highest BCUT2D eigenvalue weighted by atomic mass is 32.2. The lowest BCUT2D eigenvalue weighted by atomic mass is 10.1. The SMILES string of the molecule is CCOc1cc(C(CS(C)(=O)=O)N2C(=O)c3cccc(NC(=O)CN=[N+]=[N-])c3C2=O)ccc1OC. The van der Waals surface area contributed by atoms with Crippen molar-refractivity contribution in [3.8, 4) is 11.5 Å². The van der Waals surface area contributed by atoms with E-state index in [-0.39, 0.29) is 16.8 Å². The summed E-state index contributed by atoms with van der Waals surface area (Å²) in [5.41, 5.74) is 8.73. The zero-order chi connectivity index (χ0) is 25.8. The average Bonchev–Trinajstić information content (AvgIpc) is 3.06. The van der Waals surface area contributed by atoms with Crippen LogP contribution in [0.1, 0.15) is 39.2 Å². The molecule has 1 aliphatic heterocycles. The number of nitrogens with zero attached hydrogens (tertiary/aromatic N) is 4. The van der Waals surface area contributed by atoms with Gasteiger partial charge >= 0.3 is 0 Å². The summed E-state index contributed by atoms with van der Waals surface area (Å²) in [6.07, 6.45) is 1.01. The number of amides is 3. The molecule has 13 heteroatoms. The first kappa shape index (κ1) is 25.5. The standard InChI is InChI=1S/C22H23N5O7S/c1-4-34-18-10-13(8-9-17(18)33-2)16(12-35(3,31)32)27-21(29)14-6-5-7-15(20(14)22(27)30)25-19(28)11-24-26-23/h5-10,16H,4,11-12H2,1-3H3,(H,25,28). The molecule has 3 amide bonds. The topological polar surface area (TPSA) is 168 Å². The summed E-state index contributed by atoms with van der Waals surface area (Å²) in [6, 6.07) is 7.80. The van der Waals surface area contributed by atoms with Gasteiger partial charge in [0.05, 0.1) is 42.3 Å². The third-order valence-electron chi connectivity index (χ3n) is 5.14. The molecule has 12 nitrogen and oxygen atoms in total. The Kier molecular flexibility index (Phi) is 7.62. The Balaban J connectivity index is 2.08. The fourth-order valence-corrected chi connectivity index (χ4v) is 4.67. The van der Waals surface area contributed by atoms with Crippen LogP contribution < -0.4 is 14.8 Å². The molecule has 2 aromatic rings. The molecule has 184 valence electrons. The van der Waals surface area contributed by atoms with Crippen LogP contribution in [-0.4, -0.2) is 63.3 Å². The summed E-state index contributed by atoms with van der Waals surface area (Å²) in [5, 5.41) is 5.63. The van der Waals surface area contributed by atoms with Gasteiger partial charge in [-0.2, -0.15) is 0 Å². The summed E-state index contributed by atoms with van der Waals surface area (Å²) < 4.78 is 35.5. The Morgan fingerprint density at radius 1 is 1.20 bits per heavy atom. The van der Waals surface area contributed by atoms with E-state index in [4.69, 9.17) is 15.0 Å². The number of imide groups is 1. The van der Waals surface area contributed by atoms with E-state index in [1.807, 2.05) is 0 Å². The van der Waals surface area contributed by atoms with Crippen LogP contribution in [0.15, 0.2) is 41.5 Å². The van der Waals surface area contributed by atoms with Crippen LogP contribution >= 0.6 is 0 Å². The van der Waals surface area contributed by atoms with Gasteiger partial charge < -0.3 is 14.8 Å². The summed E-state index contributed by atoms with van der Waals surface area (Å²) >= 11 is 0. The predicted octanol–water partition coefficient (Wildman–Crippen LogP) is 2.72. The molecule has 1 N–H and O–H groups in total. The average molecular weight is 502 g/mol. The fourth-order valence-electron chi connectivity index (χ4n) is 3.75. The summed E-state index contributed by atoms with van der Waals surface area (Å²) in [6.45, 7) is 1.57. The second-order valence-corrected chi connectivity index (χ2v) is 9.78. The maximum Gasteiger partial charge on any atom is 0.264 e. The van der Waals surface area contributed by atoms with E-state index in [0.717, 1.165) is 11.2 Å². The Morgan fingerprint density at radius 3 is 2.57 bits per heavy atom. The lowest BCUT2D eigenvalue weighted by molar-refractivity contribution is -0.114. The van der Waals surface area contributed by atoms with E-state index in [9.17, 15) is 22.8 Å². The van der Waals surface area contributed by atoms with E-state index in [1.165, 1.54) is 31.4 Å². The second-order valence-electron chi connectivity index (χ2n) is 7.60. The molecule has 0 aromatic heterocycles. The molecule has 0 aliphatic carbocycles. The number of hydrogen-bond acceptors (Lipinski definition) is 8. The Bertz CT molecular complexity index is 1340. The van der Waals surface area contributed by atoms with Crippen molar-refractivity contribution in [3.63, 3.8) is 0 Å². The maximum absolute atomic E-state index is 13.5. The number of carbonyl (C=O) groups excluding carboxylic acids is 3. The summed E-state index contributed by atoms with van der Waals surface area (Å²) in [4.78, 5) is 42.2. The van der Waals surface area contributed by atoms with Gasteiger partial charge in [-0.1, -0.05) is 17.2 Å². The van der Waals surface area contributed by atoms with Gasteiger partial charge in [0.2, 0.25) is 5.91 Å². The monoisotopic (exact) mass is 501 g/mol. The van der Waals surface area contributed by atoms with Crippen molar-refractivity contribution >= 4 is 33.2 Å². The molecule has 0 spiro atoms. The normalized spacial score (nSPS) is 13.6. The smallest absolute Gasteiger partial charge is 0.264 e.